The highest BCUT2D eigenvalue weighted by Gasteiger charge is 2.36. The van der Waals surface area contributed by atoms with Gasteiger partial charge in [0.05, 0.1) is 0 Å². The molecule has 0 fully saturated rings. The molecule has 2 aromatic carbocycles. The number of amides is 2. The van der Waals surface area contributed by atoms with E-state index < -0.39 is 0 Å². The molecule has 5 heteroatoms. The van der Waals surface area contributed by atoms with Crippen molar-refractivity contribution in [3.05, 3.63) is 65.2 Å². The Morgan fingerprint density at radius 2 is 1.75 bits per heavy atom. The number of nitrogens with zero attached hydrogens (tertiary/aromatic N) is 1. The number of nitrogens with one attached hydrogen (secondary N) is 2. The van der Waals surface area contributed by atoms with Crippen LogP contribution in [0.4, 0.5) is 5.69 Å². The lowest BCUT2D eigenvalue weighted by molar-refractivity contribution is 0.0720. The van der Waals surface area contributed by atoms with Gasteiger partial charge < -0.3 is 15.5 Å². The molecule has 3 rings (SSSR count). The lowest BCUT2D eigenvalue weighted by Gasteiger charge is -2.28. The Labute approximate surface area is 167 Å². The highest BCUT2D eigenvalue weighted by Crippen LogP contribution is 2.34. The van der Waals surface area contributed by atoms with Gasteiger partial charge in [0, 0.05) is 35.0 Å². The van der Waals surface area contributed by atoms with Gasteiger partial charge in [-0.2, -0.15) is 0 Å². The third kappa shape index (κ3) is 4.19. The van der Waals surface area contributed by atoms with Crippen molar-refractivity contribution in [3.8, 4) is 0 Å². The number of anilines is 1. The lowest BCUT2D eigenvalue weighted by Crippen LogP contribution is -2.35. The molecule has 5 nitrogen and oxygen atoms in total. The van der Waals surface area contributed by atoms with E-state index in [-0.39, 0.29) is 24.0 Å². The molecule has 2 atom stereocenters. The molecule has 1 aliphatic rings. The molecular weight excluding hydrogens is 350 g/mol. The smallest absolute Gasteiger partial charge is 0.256 e. The predicted octanol–water partition coefficient (Wildman–Crippen LogP) is 4.44. The van der Waals surface area contributed by atoms with E-state index in [0.29, 0.717) is 18.0 Å². The largest absolute Gasteiger partial charge is 0.361 e. The van der Waals surface area contributed by atoms with Crippen LogP contribution in [0.15, 0.2) is 48.5 Å². The zero-order chi connectivity index (χ0) is 20.3. The maximum absolute atomic E-state index is 12.8. The molecule has 1 aliphatic heterocycles. The van der Waals surface area contributed by atoms with Crippen molar-refractivity contribution in [3.63, 3.8) is 0 Å². The van der Waals surface area contributed by atoms with E-state index in [0.717, 1.165) is 23.2 Å². The van der Waals surface area contributed by atoms with Crippen LogP contribution in [-0.2, 0) is 0 Å². The van der Waals surface area contributed by atoms with E-state index in [4.69, 9.17) is 0 Å². The van der Waals surface area contributed by atoms with E-state index in [2.05, 4.69) is 24.5 Å². The fraction of sp³-hybridized carbons (Fsp3) is 0.391. The van der Waals surface area contributed by atoms with Crippen molar-refractivity contribution in [2.45, 2.75) is 46.3 Å². The number of hydrogen-bond acceptors (Lipinski definition) is 3. The molecule has 2 aromatic rings. The zero-order valence-corrected chi connectivity index (χ0v) is 17.0. The van der Waals surface area contributed by atoms with Crippen LogP contribution >= 0.6 is 0 Å². The van der Waals surface area contributed by atoms with E-state index in [1.807, 2.05) is 67.3 Å². The third-order valence-corrected chi connectivity index (χ3v) is 5.06. The fourth-order valence-corrected chi connectivity index (χ4v) is 3.39. The molecule has 0 bridgehead atoms. The second-order valence-electron chi connectivity index (χ2n) is 7.85. The van der Waals surface area contributed by atoms with Crippen LogP contribution in [0.5, 0.6) is 0 Å². The van der Waals surface area contributed by atoms with Gasteiger partial charge in [-0.25, -0.2) is 0 Å². The second kappa shape index (κ2) is 8.46. The normalized spacial score (nSPS) is 16.8. The summed E-state index contributed by atoms with van der Waals surface area (Å²) in [5, 5.41) is 6.45. The fourth-order valence-electron chi connectivity index (χ4n) is 3.39. The van der Waals surface area contributed by atoms with Gasteiger partial charge in [-0.1, -0.05) is 39.0 Å². The van der Waals surface area contributed by atoms with Crippen LogP contribution in [0.2, 0.25) is 0 Å². The SMILES string of the molecule is CC[C@@H](C)NC(=O)c1ccc(N[C@H]2c3ccccc3C(=O)N2CC(C)C)cc1. The molecule has 2 amide bonds. The Bertz CT molecular complexity index is 845. The van der Waals surface area contributed by atoms with Gasteiger partial charge in [0.2, 0.25) is 0 Å². The van der Waals surface area contributed by atoms with Crippen LogP contribution in [0, 0.1) is 5.92 Å². The molecule has 28 heavy (non-hydrogen) atoms. The zero-order valence-electron chi connectivity index (χ0n) is 17.0. The summed E-state index contributed by atoms with van der Waals surface area (Å²) >= 11 is 0. The molecule has 0 unspecified atom stereocenters. The Hall–Kier alpha value is -2.82. The Morgan fingerprint density at radius 3 is 2.39 bits per heavy atom. The standard InChI is InChI=1S/C23H29N3O2/c1-5-16(4)24-22(27)17-10-12-18(13-11-17)25-21-19-8-6-7-9-20(19)23(28)26(21)14-15(2)3/h6-13,15-16,21,25H,5,14H2,1-4H3,(H,24,27)/t16-,21-/m1/s1. The van der Waals surface area contributed by atoms with E-state index >= 15 is 0 Å². The summed E-state index contributed by atoms with van der Waals surface area (Å²) in [6, 6.07) is 15.3. The predicted molar refractivity (Wildman–Crippen MR) is 112 cm³/mol. The van der Waals surface area contributed by atoms with Crippen LogP contribution in [-0.4, -0.2) is 29.3 Å². The molecule has 2 N–H and O–H groups in total. The summed E-state index contributed by atoms with van der Waals surface area (Å²) < 4.78 is 0. The number of carbonyl (C=O) groups excluding carboxylic acids is 2. The first kappa shape index (κ1) is 19.9. The summed E-state index contributed by atoms with van der Waals surface area (Å²) in [7, 11) is 0. The molecule has 0 spiro atoms. The van der Waals surface area contributed by atoms with Gasteiger partial charge in [-0.3, -0.25) is 9.59 Å². The molecule has 0 saturated carbocycles. The van der Waals surface area contributed by atoms with Crippen LogP contribution in [0.25, 0.3) is 0 Å². The number of hydrogen-bond donors (Lipinski definition) is 2. The third-order valence-electron chi connectivity index (χ3n) is 5.06. The van der Waals surface area contributed by atoms with Crippen LogP contribution in [0.3, 0.4) is 0 Å². The average Bonchev–Trinajstić information content (AvgIpc) is 2.94. The van der Waals surface area contributed by atoms with Crippen molar-refractivity contribution >= 4 is 17.5 Å². The first-order chi connectivity index (χ1) is 13.4. The van der Waals surface area contributed by atoms with E-state index in [9.17, 15) is 9.59 Å². The number of fused-ring (bicyclic) bond motifs is 1. The summed E-state index contributed by atoms with van der Waals surface area (Å²) in [6.45, 7) is 8.93. The first-order valence-corrected chi connectivity index (χ1v) is 9.98. The maximum atomic E-state index is 12.8. The van der Waals surface area contributed by atoms with Gasteiger partial charge in [0.15, 0.2) is 0 Å². The topological polar surface area (TPSA) is 61.4 Å². The Morgan fingerprint density at radius 1 is 1.07 bits per heavy atom. The molecule has 0 aliphatic carbocycles. The van der Waals surface area contributed by atoms with Crippen molar-refractivity contribution in [1.29, 1.82) is 0 Å². The molecule has 1 heterocycles. The summed E-state index contributed by atoms with van der Waals surface area (Å²) in [5.41, 5.74) is 3.26. The summed E-state index contributed by atoms with van der Waals surface area (Å²) in [4.78, 5) is 27.0. The second-order valence-corrected chi connectivity index (χ2v) is 7.85. The molecular formula is C23H29N3O2. The van der Waals surface area contributed by atoms with Gasteiger partial charge in [-0.05, 0) is 49.6 Å². The van der Waals surface area contributed by atoms with Crippen molar-refractivity contribution in [1.82, 2.24) is 10.2 Å². The monoisotopic (exact) mass is 379 g/mol. The minimum absolute atomic E-state index is 0.0614. The van der Waals surface area contributed by atoms with Gasteiger partial charge >= 0.3 is 0 Å². The van der Waals surface area contributed by atoms with Crippen molar-refractivity contribution in [2.24, 2.45) is 5.92 Å². The molecule has 0 radical (unpaired) electrons. The highest BCUT2D eigenvalue weighted by molar-refractivity contribution is 5.99. The van der Waals surface area contributed by atoms with Crippen molar-refractivity contribution in [2.75, 3.05) is 11.9 Å². The van der Waals surface area contributed by atoms with Crippen molar-refractivity contribution < 1.29 is 9.59 Å². The highest BCUT2D eigenvalue weighted by atomic mass is 16.2. The van der Waals surface area contributed by atoms with E-state index in [1.165, 1.54) is 0 Å². The molecule has 0 aromatic heterocycles. The lowest BCUT2D eigenvalue weighted by atomic mass is 10.1. The minimum atomic E-state index is -0.203. The van der Waals surface area contributed by atoms with Crippen LogP contribution in [0.1, 0.15) is 66.6 Å². The van der Waals surface area contributed by atoms with E-state index in [1.54, 1.807) is 0 Å². The number of benzene rings is 2. The minimum Gasteiger partial charge on any atom is -0.361 e. The first-order valence-electron chi connectivity index (χ1n) is 9.98. The van der Waals surface area contributed by atoms with Crippen LogP contribution < -0.4 is 10.6 Å². The Balaban J connectivity index is 1.79. The van der Waals surface area contributed by atoms with Gasteiger partial charge in [-0.15, -0.1) is 0 Å². The molecule has 0 saturated heterocycles. The average molecular weight is 380 g/mol. The maximum Gasteiger partial charge on any atom is 0.256 e. The van der Waals surface area contributed by atoms with Gasteiger partial charge in [0.1, 0.15) is 6.17 Å². The molecule has 148 valence electrons. The summed E-state index contributed by atoms with van der Waals surface area (Å²) in [5.74, 6) is 0.365. The summed E-state index contributed by atoms with van der Waals surface area (Å²) in [6.07, 6.45) is 0.692. The number of carbonyl (C=O) groups is 2. The Kier molecular flexibility index (Phi) is 6.02. The quantitative estimate of drug-likeness (QED) is 0.748. The van der Waals surface area contributed by atoms with Gasteiger partial charge in [0.25, 0.3) is 11.8 Å². The number of rotatable bonds is 7.